The Hall–Kier alpha value is -1.35. The molecule has 5 nitrogen and oxygen atoms in total. The fourth-order valence-corrected chi connectivity index (χ4v) is 4.20. The molecule has 0 aliphatic carbocycles. The number of nitrogens with zero attached hydrogens (tertiary/aromatic N) is 1. The van der Waals surface area contributed by atoms with Gasteiger partial charge in [0.1, 0.15) is 21.3 Å². The number of ether oxygens (including phenoxy) is 1. The predicted molar refractivity (Wildman–Crippen MR) is 79.9 cm³/mol. The number of alkyl halides is 3. The zero-order valence-corrected chi connectivity index (χ0v) is 13.5. The summed E-state index contributed by atoms with van der Waals surface area (Å²) in [7, 11) is -3.21. The fraction of sp³-hybridized carbons (Fsp3) is 0.643. The van der Waals surface area contributed by atoms with Gasteiger partial charge in [0.25, 0.3) is 0 Å². The molecule has 0 saturated carbocycles. The van der Waals surface area contributed by atoms with E-state index in [-0.39, 0.29) is 18.1 Å². The van der Waals surface area contributed by atoms with Gasteiger partial charge in [-0.25, -0.2) is 13.4 Å². The van der Waals surface area contributed by atoms with Gasteiger partial charge >= 0.3 is 6.18 Å². The molecular formula is C14H19F3N2O3S. The van der Waals surface area contributed by atoms with Crippen molar-refractivity contribution < 1.29 is 26.3 Å². The molecule has 2 heterocycles. The standard InChI is InChI=1S/C14H19F3N2O3S/c1-23(20,21)10-13(5-7-22-8-6-13)9-18-12-4-2-3-11(19-12)14(15,16)17/h2-4H,5-10H2,1H3,(H,18,19). The molecule has 0 atom stereocenters. The topological polar surface area (TPSA) is 68.3 Å². The Kier molecular flexibility index (Phi) is 5.20. The number of halogens is 3. The zero-order chi connectivity index (χ0) is 17.1. The first-order valence-corrected chi connectivity index (χ1v) is 9.19. The minimum atomic E-state index is -4.51. The molecule has 1 aromatic rings. The van der Waals surface area contributed by atoms with Crippen LogP contribution in [-0.4, -0.2) is 45.2 Å². The van der Waals surface area contributed by atoms with E-state index >= 15 is 0 Å². The lowest BCUT2D eigenvalue weighted by atomic mass is 9.82. The van der Waals surface area contributed by atoms with Gasteiger partial charge in [-0.15, -0.1) is 0 Å². The molecule has 1 aliphatic heterocycles. The Balaban J connectivity index is 2.12. The van der Waals surface area contributed by atoms with Gasteiger partial charge in [-0.05, 0) is 25.0 Å². The summed E-state index contributed by atoms with van der Waals surface area (Å²) in [6, 6.07) is 3.60. The van der Waals surface area contributed by atoms with E-state index in [4.69, 9.17) is 4.74 Å². The Morgan fingerprint density at radius 1 is 1.30 bits per heavy atom. The molecule has 0 amide bonds. The van der Waals surface area contributed by atoms with Crippen LogP contribution in [0.15, 0.2) is 18.2 Å². The van der Waals surface area contributed by atoms with E-state index in [1.807, 2.05) is 0 Å². The molecule has 1 aromatic heterocycles. The summed E-state index contributed by atoms with van der Waals surface area (Å²) >= 11 is 0. The van der Waals surface area contributed by atoms with Crippen LogP contribution in [0.1, 0.15) is 18.5 Å². The number of anilines is 1. The van der Waals surface area contributed by atoms with Crippen LogP contribution in [0.25, 0.3) is 0 Å². The van der Waals surface area contributed by atoms with Gasteiger partial charge in [-0.3, -0.25) is 0 Å². The van der Waals surface area contributed by atoms with Crippen LogP contribution in [0.5, 0.6) is 0 Å². The van der Waals surface area contributed by atoms with Crippen LogP contribution >= 0.6 is 0 Å². The third kappa shape index (κ3) is 5.35. The van der Waals surface area contributed by atoms with Crippen molar-refractivity contribution in [2.45, 2.75) is 19.0 Å². The summed E-state index contributed by atoms with van der Waals surface area (Å²) in [5, 5.41) is 2.86. The molecule has 23 heavy (non-hydrogen) atoms. The molecule has 130 valence electrons. The number of rotatable bonds is 5. The SMILES string of the molecule is CS(=O)(=O)CC1(CNc2cccc(C(F)(F)F)n2)CCOCC1. The van der Waals surface area contributed by atoms with Crippen molar-refractivity contribution in [1.29, 1.82) is 0 Å². The van der Waals surface area contributed by atoms with E-state index in [1.54, 1.807) is 0 Å². The van der Waals surface area contributed by atoms with Gasteiger partial charge in [-0.2, -0.15) is 13.2 Å². The minimum absolute atomic E-state index is 0.0324. The van der Waals surface area contributed by atoms with Crippen LogP contribution in [0.3, 0.4) is 0 Å². The smallest absolute Gasteiger partial charge is 0.381 e. The normalized spacial score (nSPS) is 18.6. The summed E-state index contributed by atoms with van der Waals surface area (Å²) in [5.74, 6) is 0.0502. The van der Waals surface area contributed by atoms with Crippen LogP contribution in [0.4, 0.5) is 19.0 Å². The van der Waals surface area contributed by atoms with E-state index in [0.29, 0.717) is 26.1 Å². The first kappa shape index (κ1) is 18.0. The number of sulfone groups is 1. The molecule has 0 bridgehead atoms. The molecule has 1 aliphatic rings. The van der Waals surface area contributed by atoms with Crippen molar-refractivity contribution in [2.24, 2.45) is 5.41 Å². The number of nitrogens with one attached hydrogen (secondary N) is 1. The molecule has 2 rings (SSSR count). The van der Waals surface area contributed by atoms with Gasteiger partial charge in [-0.1, -0.05) is 6.07 Å². The van der Waals surface area contributed by atoms with Gasteiger partial charge in [0.15, 0.2) is 0 Å². The average molecular weight is 352 g/mol. The maximum absolute atomic E-state index is 12.7. The van der Waals surface area contributed by atoms with Crippen molar-refractivity contribution in [2.75, 3.05) is 37.1 Å². The highest BCUT2D eigenvalue weighted by molar-refractivity contribution is 7.90. The molecule has 9 heteroatoms. The van der Waals surface area contributed by atoms with Crippen molar-refractivity contribution in [3.05, 3.63) is 23.9 Å². The molecule has 0 unspecified atom stereocenters. The molecule has 1 saturated heterocycles. The predicted octanol–water partition coefficient (Wildman–Crippen LogP) is 2.35. The number of hydrogen-bond donors (Lipinski definition) is 1. The lowest BCUT2D eigenvalue weighted by Gasteiger charge is -2.36. The highest BCUT2D eigenvalue weighted by Gasteiger charge is 2.36. The molecule has 0 spiro atoms. The second kappa shape index (κ2) is 6.64. The highest BCUT2D eigenvalue weighted by atomic mass is 32.2. The Labute approximate surface area is 133 Å². The van der Waals surface area contributed by atoms with E-state index < -0.39 is 27.1 Å². The second-order valence-corrected chi connectivity index (χ2v) is 8.08. The molecule has 0 aromatic carbocycles. The monoisotopic (exact) mass is 352 g/mol. The van der Waals surface area contributed by atoms with Crippen LogP contribution in [0.2, 0.25) is 0 Å². The summed E-state index contributed by atoms with van der Waals surface area (Å²) in [4.78, 5) is 3.54. The van der Waals surface area contributed by atoms with Gasteiger partial charge < -0.3 is 10.1 Å². The van der Waals surface area contributed by atoms with Gasteiger partial charge in [0.2, 0.25) is 0 Å². The number of aromatic nitrogens is 1. The molecule has 1 N–H and O–H groups in total. The Morgan fingerprint density at radius 3 is 2.52 bits per heavy atom. The van der Waals surface area contributed by atoms with E-state index in [1.165, 1.54) is 12.1 Å². The molecular weight excluding hydrogens is 333 g/mol. The van der Waals surface area contributed by atoms with Crippen LogP contribution < -0.4 is 5.32 Å². The first-order valence-electron chi connectivity index (χ1n) is 7.13. The lowest BCUT2D eigenvalue weighted by Crippen LogP contribution is -2.41. The van der Waals surface area contributed by atoms with Gasteiger partial charge in [0.05, 0.1) is 5.75 Å². The lowest BCUT2D eigenvalue weighted by molar-refractivity contribution is -0.141. The maximum Gasteiger partial charge on any atom is 0.433 e. The van der Waals surface area contributed by atoms with Crippen molar-refractivity contribution >= 4 is 15.7 Å². The Bertz CT molecular complexity index is 641. The highest BCUT2D eigenvalue weighted by Crippen LogP contribution is 2.33. The van der Waals surface area contributed by atoms with Crippen molar-refractivity contribution in [3.8, 4) is 0 Å². The van der Waals surface area contributed by atoms with Crippen LogP contribution in [-0.2, 0) is 20.8 Å². The first-order chi connectivity index (χ1) is 10.6. The third-order valence-corrected chi connectivity index (χ3v) is 4.94. The summed E-state index contributed by atoms with van der Waals surface area (Å²) in [6.07, 6.45) is -2.29. The summed E-state index contributed by atoms with van der Waals surface area (Å²) in [5.41, 5.74) is -1.53. The number of hydrogen-bond acceptors (Lipinski definition) is 5. The van der Waals surface area contributed by atoms with E-state index in [9.17, 15) is 21.6 Å². The molecule has 1 fully saturated rings. The van der Waals surface area contributed by atoms with Crippen molar-refractivity contribution in [3.63, 3.8) is 0 Å². The average Bonchev–Trinajstić information content (AvgIpc) is 2.44. The van der Waals surface area contributed by atoms with Crippen molar-refractivity contribution in [1.82, 2.24) is 4.98 Å². The third-order valence-electron chi connectivity index (χ3n) is 3.81. The number of pyridine rings is 1. The van der Waals surface area contributed by atoms with E-state index in [0.717, 1.165) is 12.3 Å². The van der Waals surface area contributed by atoms with E-state index in [2.05, 4.69) is 10.3 Å². The van der Waals surface area contributed by atoms with Gasteiger partial charge in [0, 0.05) is 31.4 Å². The van der Waals surface area contributed by atoms with Crippen LogP contribution in [0, 0.1) is 5.41 Å². The zero-order valence-electron chi connectivity index (χ0n) is 12.7. The second-order valence-electron chi connectivity index (χ2n) is 5.94. The minimum Gasteiger partial charge on any atom is -0.381 e. The quantitative estimate of drug-likeness (QED) is 0.881. The largest absolute Gasteiger partial charge is 0.433 e. The summed E-state index contributed by atoms with van der Waals surface area (Å²) < 4.78 is 66.6. The maximum atomic E-state index is 12.7. The summed E-state index contributed by atoms with van der Waals surface area (Å²) in [6.45, 7) is 1.11. The molecule has 0 radical (unpaired) electrons. The Morgan fingerprint density at radius 2 is 1.96 bits per heavy atom. The fourth-order valence-electron chi connectivity index (χ4n) is 2.70.